The summed E-state index contributed by atoms with van der Waals surface area (Å²) < 4.78 is 0. The highest BCUT2D eigenvalue weighted by atomic mass is 16.3. The molecule has 2 fully saturated rings. The summed E-state index contributed by atoms with van der Waals surface area (Å²) in [4.78, 5) is 157. The van der Waals surface area contributed by atoms with E-state index >= 15 is 0 Å². The smallest absolute Gasteiger partial charge is 0.270 e. The van der Waals surface area contributed by atoms with Crippen LogP contribution in [-0.2, 0) is 59.2 Å². The van der Waals surface area contributed by atoms with Crippen molar-refractivity contribution in [2.45, 2.75) is 213 Å². The Morgan fingerprint density at radius 3 is 1.62 bits per heavy atom. The predicted molar refractivity (Wildman–Crippen MR) is 317 cm³/mol. The van der Waals surface area contributed by atoms with Gasteiger partial charge in [-0.25, -0.2) is 0 Å². The van der Waals surface area contributed by atoms with Crippen molar-refractivity contribution in [3.8, 4) is 0 Å². The van der Waals surface area contributed by atoms with Gasteiger partial charge in [0.2, 0.25) is 59.1 Å². The summed E-state index contributed by atoms with van der Waals surface area (Å²) in [6.07, 6.45) is 2.09. The predicted octanol–water partition coefficient (Wildman–Crippen LogP) is 0.139. The number of aliphatic hydroxyl groups excluding tert-OH is 3. The van der Waals surface area contributed by atoms with E-state index in [9.17, 15) is 68.1 Å². The molecule has 0 unspecified atom stereocenters. The lowest BCUT2D eigenvalue weighted by Crippen LogP contribution is -2.62. The zero-order valence-electron chi connectivity index (χ0n) is 51.3. The zero-order chi connectivity index (χ0) is 63.5. The Bertz CT molecular complexity index is 2440. The van der Waals surface area contributed by atoms with Crippen molar-refractivity contribution in [2.75, 3.05) is 26.3 Å². The number of aliphatic hydroxyl groups is 3. The monoisotopic (exact) mass is 1200 g/mol. The second-order valence-electron chi connectivity index (χ2n) is 23.3. The van der Waals surface area contributed by atoms with Gasteiger partial charge in [0, 0.05) is 45.1 Å². The number of amides is 11. The summed E-state index contributed by atoms with van der Waals surface area (Å²) in [6.45, 7) is 15.7. The highest BCUT2D eigenvalue weighted by molar-refractivity contribution is 6.02. The van der Waals surface area contributed by atoms with E-state index in [-0.39, 0.29) is 69.0 Å². The van der Waals surface area contributed by atoms with Crippen LogP contribution in [-0.4, -0.2) is 172 Å². The first-order valence-corrected chi connectivity index (χ1v) is 30.2. The molecule has 2 heterocycles. The van der Waals surface area contributed by atoms with Crippen molar-refractivity contribution in [1.29, 1.82) is 0 Å². The van der Waals surface area contributed by atoms with Crippen molar-refractivity contribution in [2.24, 2.45) is 23.7 Å². The molecule has 1 aromatic rings. The lowest BCUT2D eigenvalue weighted by Gasteiger charge is -2.31. The molecular formula is C60H97N11O14. The normalized spacial score (nSPS) is 27.0. The minimum atomic E-state index is -1.52. The zero-order valence-corrected chi connectivity index (χ0v) is 51.3. The fourth-order valence-electron chi connectivity index (χ4n) is 10.1. The lowest BCUT2D eigenvalue weighted by molar-refractivity contribution is -0.139. The van der Waals surface area contributed by atoms with Gasteiger partial charge in [0.05, 0.1) is 12.6 Å². The third kappa shape index (κ3) is 23.8. The molecule has 11 amide bonds. The molecule has 2 aliphatic heterocycles. The summed E-state index contributed by atoms with van der Waals surface area (Å²) in [7, 11) is 0. The summed E-state index contributed by atoms with van der Waals surface area (Å²) in [5.41, 5.74) is 0.241. The summed E-state index contributed by atoms with van der Waals surface area (Å²) in [5, 5.41) is 57.9. The highest BCUT2D eigenvalue weighted by Gasteiger charge is 2.42. The topological polar surface area (TPSA) is 372 Å². The number of hydrogen-bond donors (Lipinski definition) is 13. The first-order chi connectivity index (χ1) is 40.3. The van der Waals surface area contributed by atoms with Gasteiger partial charge in [0.1, 0.15) is 54.0 Å². The van der Waals surface area contributed by atoms with E-state index in [1.54, 1.807) is 44.2 Å². The molecule has 13 N–H and O–H groups in total. The van der Waals surface area contributed by atoms with Gasteiger partial charge >= 0.3 is 0 Å². The maximum atomic E-state index is 14.6. The Kier molecular flexibility index (Phi) is 31.3. The number of unbranched alkanes of at least 4 members (excludes halogenated alkanes) is 2. The molecule has 0 radical (unpaired) electrons. The van der Waals surface area contributed by atoms with E-state index < -0.39 is 157 Å². The highest BCUT2D eigenvalue weighted by Crippen LogP contribution is 2.22. The first-order valence-electron chi connectivity index (χ1n) is 30.2. The fraction of sp³-hybridized carbons (Fsp3) is 0.683. The number of fused-ring (bicyclic) bond motifs is 1. The van der Waals surface area contributed by atoms with Crippen LogP contribution < -0.4 is 53.2 Å². The van der Waals surface area contributed by atoms with E-state index in [0.29, 0.717) is 31.2 Å². The quantitative estimate of drug-likeness (QED) is 0.0687. The summed E-state index contributed by atoms with van der Waals surface area (Å²) in [6, 6.07) is -2.83. The van der Waals surface area contributed by atoms with Crippen LogP contribution in [0.5, 0.6) is 0 Å². The molecule has 0 aromatic heterocycles. The molecule has 476 valence electrons. The number of allylic oxidation sites excluding steroid dienone is 1. The molecular weight excluding hydrogens is 1100 g/mol. The second kappa shape index (κ2) is 36.8. The Balaban J connectivity index is 2.17. The molecule has 3 rings (SSSR count). The maximum Gasteiger partial charge on any atom is 0.270 e. The number of hydrogen-bond acceptors (Lipinski definition) is 14. The second-order valence-corrected chi connectivity index (χ2v) is 23.3. The van der Waals surface area contributed by atoms with Crippen LogP contribution in [0.2, 0.25) is 0 Å². The fourth-order valence-corrected chi connectivity index (χ4v) is 10.1. The molecule has 0 aliphatic carbocycles. The van der Waals surface area contributed by atoms with Gasteiger partial charge in [-0.15, -0.1) is 0 Å². The summed E-state index contributed by atoms with van der Waals surface area (Å²) in [5.74, 6) is -10.0. The van der Waals surface area contributed by atoms with Gasteiger partial charge in [0.15, 0.2) is 0 Å². The molecule has 85 heavy (non-hydrogen) atoms. The van der Waals surface area contributed by atoms with Crippen molar-refractivity contribution in [3.05, 3.63) is 47.7 Å². The average Bonchev–Trinajstić information content (AvgIpc) is 3.93. The number of nitrogens with one attached hydrogen (secondary N) is 10. The minimum Gasteiger partial charge on any atom is -0.396 e. The number of carbonyl (C=O) groups excluding carboxylic acids is 11. The van der Waals surface area contributed by atoms with Crippen molar-refractivity contribution in [1.82, 2.24) is 58.1 Å². The van der Waals surface area contributed by atoms with E-state index in [1.807, 2.05) is 48.5 Å². The molecule has 25 nitrogen and oxygen atoms in total. The van der Waals surface area contributed by atoms with Crippen LogP contribution in [0, 0.1) is 23.7 Å². The molecule has 0 spiro atoms. The largest absolute Gasteiger partial charge is 0.396 e. The molecule has 1 aromatic carbocycles. The molecule has 2 saturated heterocycles. The Labute approximate surface area is 500 Å². The minimum absolute atomic E-state index is 0.0703. The molecule has 25 heteroatoms. The third-order valence-electron chi connectivity index (χ3n) is 15.3. The summed E-state index contributed by atoms with van der Waals surface area (Å²) >= 11 is 0. The Hall–Kier alpha value is -6.99. The van der Waals surface area contributed by atoms with Gasteiger partial charge in [-0.3, -0.25) is 52.7 Å². The van der Waals surface area contributed by atoms with Crippen LogP contribution in [0.4, 0.5) is 0 Å². The molecule has 12 atom stereocenters. The van der Waals surface area contributed by atoms with E-state index in [4.69, 9.17) is 0 Å². The average molecular weight is 1200 g/mol. The van der Waals surface area contributed by atoms with Gasteiger partial charge in [-0.1, -0.05) is 131 Å². The van der Waals surface area contributed by atoms with Crippen LogP contribution in [0.3, 0.4) is 0 Å². The van der Waals surface area contributed by atoms with Crippen LogP contribution >= 0.6 is 0 Å². The third-order valence-corrected chi connectivity index (χ3v) is 15.3. The Morgan fingerprint density at radius 1 is 0.565 bits per heavy atom. The number of benzene rings is 1. The molecule has 2 aliphatic rings. The van der Waals surface area contributed by atoms with E-state index in [1.165, 1.54) is 13.0 Å². The molecule has 0 bridgehead atoms. The Morgan fingerprint density at radius 2 is 1.07 bits per heavy atom. The van der Waals surface area contributed by atoms with Crippen LogP contribution in [0.1, 0.15) is 152 Å². The van der Waals surface area contributed by atoms with Gasteiger partial charge in [-0.05, 0) is 68.3 Å². The standard InChI is InChI=1S/C60H97N11O14/c1-11-15-17-22-39-30-48(75)63-42(23-25-72)53(78)64-41(14-4)60(85)71-33-40(74)31-47(71)57(82)65-43(24-26-73)54(79)67-46(29-38-20-18-16-19-21-38)55(80)66-45(28-35(7)8)56(81)69-51(37(10)13-3)59(84)70-50(36(9)12-2)58(83)68-44(27-34(5)6)52(77)61-32-49(76)62-39/h14,16,18-21,34-37,39-40,42-47,50-51,72-74H,11-13,15,17,22-33H2,1-10H3,(H,61,77)(H,62,76)(H,63,75)(H,64,78)(H,65,82)(H,66,80)(H,67,79)(H,68,83)(H,69,81)(H,70,84)/b41-14+/t36-,37-,39+,40+,42-,43-,44-,45+,46+,47-,50+,51-/m0/s1. The van der Waals surface area contributed by atoms with Crippen molar-refractivity contribution in [3.63, 3.8) is 0 Å². The van der Waals surface area contributed by atoms with E-state index in [0.717, 1.165) is 17.7 Å². The van der Waals surface area contributed by atoms with Gasteiger partial charge in [0.25, 0.3) is 5.91 Å². The number of carbonyl (C=O) groups is 11. The lowest BCUT2D eigenvalue weighted by atomic mass is 9.93. The first kappa shape index (κ1) is 72.3. The van der Waals surface area contributed by atoms with Gasteiger partial charge < -0.3 is 73.4 Å². The van der Waals surface area contributed by atoms with Crippen LogP contribution in [0.25, 0.3) is 0 Å². The van der Waals surface area contributed by atoms with E-state index in [2.05, 4.69) is 53.2 Å². The SMILES string of the molecule is C/C=C1/NC(=O)[C@H](CCO)NC(=O)C[C@@H](CCCCC)NC(=O)CNC(=O)[C@H](CC(C)C)NC(=O)[C@@H]([C@@H](C)CC)NC(=O)[C@H]([C@@H](C)CC)NC(=O)[C@@H](CC(C)C)NC(=O)[C@@H](Cc2ccccc2)NC(=O)[C@H](CCO)NC(=O)[C@@H]2C[C@@H](O)CN2C1=O. The van der Waals surface area contributed by atoms with Crippen LogP contribution in [0.15, 0.2) is 42.1 Å². The number of rotatable bonds is 18. The van der Waals surface area contributed by atoms with Gasteiger partial charge in [-0.2, -0.15) is 0 Å². The molecule has 0 saturated carbocycles. The maximum absolute atomic E-state index is 14.6. The van der Waals surface area contributed by atoms with Crippen molar-refractivity contribution < 1.29 is 68.1 Å². The van der Waals surface area contributed by atoms with Crippen molar-refractivity contribution >= 4 is 65.0 Å². The number of nitrogens with zero attached hydrogens (tertiary/aromatic N) is 1.